The van der Waals surface area contributed by atoms with Crippen LogP contribution < -0.4 is 4.74 Å². The lowest BCUT2D eigenvalue weighted by atomic mass is 10.2. The summed E-state index contributed by atoms with van der Waals surface area (Å²) in [6.07, 6.45) is -4.68. The molecule has 0 fully saturated rings. The van der Waals surface area contributed by atoms with Crippen molar-refractivity contribution in [2.24, 2.45) is 0 Å². The Kier molecular flexibility index (Phi) is 4.99. The summed E-state index contributed by atoms with van der Waals surface area (Å²) < 4.78 is 44.8. The topological polar surface area (TPSA) is 96.0 Å². The summed E-state index contributed by atoms with van der Waals surface area (Å²) in [7, 11) is 1.51. The third kappa shape index (κ3) is 4.00. The lowest BCUT2D eigenvalue weighted by molar-refractivity contribution is -0.388. The number of nitro benzene ring substituents is 1. The van der Waals surface area contributed by atoms with E-state index in [1.807, 2.05) is 0 Å². The number of benzene rings is 2. The van der Waals surface area contributed by atoms with E-state index in [0.29, 0.717) is 17.5 Å². The lowest BCUT2D eigenvalue weighted by Crippen LogP contribution is -2.06. The minimum atomic E-state index is -4.68. The van der Waals surface area contributed by atoms with Crippen LogP contribution in [0, 0.1) is 10.1 Å². The van der Waals surface area contributed by atoms with Crippen LogP contribution in [0.2, 0.25) is 0 Å². The number of nitrogens with zero attached hydrogens (tertiary/aromatic N) is 5. The van der Waals surface area contributed by atoms with E-state index >= 15 is 0 Å². The van der Waals surface area contributed by atoms with Gasteiger partial charge < -0.3 is 4.74 Å². The summed E-state index contributed by atoms with van der Waals surface area (Å²) in [6, 6.07) is 8.97. The van der Waals surface area contributed by atoms with Crippen molar-refractivity contribution in [2.75, 3.05) is 7.11 Å². The standard InChI is InChI=1S/C15H10F3N5O3S/c1-26-11-5-3-10(4-6-11)22-14(19-20-21-22)27-13-7-2-9(15(16,17)18)8-12(13)23(24)25/h2-8H,1H3. The average Bonchev–Trinajstić information content (AvgIpc) is 3.09. The van der Waals surface area contributed by atoms with Crippen molar-refractivity contribution >= 4 is 17.4 Å². The van der Waals surface area contributed by atoms with Crippen LogP contribution in [0.25, 0.3) is 5.69 Å². The van der Waals surface area contributed by atoms with Crippen molar-refractivity contribution in [1.82, 2.24) is 20.2 Å². The molecule has 140 valence electrons. The van der Waals surface area contributed by atoms with Gasteiger partial charge in [-0.15, -0.1) is 5.10 Å². The fourth-order valence-electron chi connectivity index (χ4n) is 2.15. The van der Waals surface area contributed by atoms with Gasteiger partial charge in [0.1, 0.15) is 5.75 Å². The SMILES string of the molecule is COc1ccc(-n2nnnc2Sc2ccc(C(F)(F)F)cc2[N+](=O)[O-])cc1. The van der Waals surface area contributed by atoms with Crippen LogP contribution in [0.3, 0.4) is 0 Å². The van der Waals surface area contributed by atoms with Crippen LogP contribution in [0.1, 0.15) is 5.56 Å². The second-order valence-electron chi connectivity index (χ2n) is 5.11. The molecule has 8 nitrogen and oxygen atoms in total. The molecule has 0 saturated heterocycles. The van der Waals surface area contributed by atoms with Crippen molar-refractivity contribution in [2.45, 2.75) is 16.2 Å². The number of rotatable bonds is 5. The third-order valence-corrected chi connectivity index (χ3v) is 4.44. The first-order chi connectivity index (χ1) is 12.8. The maximum Gasteiger partial charge on any atom is 0.416 e. The molecule has 0 N–H and O–H groups in total. The number of alkyl halides is 3. The summed E-state index contributed by atoms with van der Waals surface area (Å²) in [5.41, 5.74) is -1.23. The number of halogens is 3. The molecule has 0 aliphatic rings. The van der Waals surface area contributed by atoms with E-state index in [0.717, 1.165) is 23.9 Å². The summed E-state index contributed by atoms with van der Waals surface area (Å²) in [5, 5.41) is 22.5. The Morgan fingerprint density at radius 1 is 1.19 bits per heavy atom. The van der Waals surface area contributed by atoms with Crippen molar-refractivity contribution < 1.29 is 22.8 Å². The first-order valence-electron chi connectivity index (χ1n) is 7.26. The van der Waals surface area contributed by atoms with Crippen molar-refractivity contribution in [3.8, 4) is 11.4 Å². The molecule has 0 aliphatic heterocycles. The molecule has 3 rings (SSSR count). The van der Waals surface area contributed by atoms with Gasteiger partial charge in [0.15, 0.2) is 0 Å². The summed E-state index contributed by atoms with van der Waals surface area (Å²) >= 11 is 0.787. The maximum absolute atomic E-state index is 12.8. The first-order valence-corrected chi connectivity index (χ1v) is 8.07. The van der Waals surface area contributed by atoms with E-state index in [1.54, 1.807) is 24.3 Å². The lowest BCUT2D eigenvalue weighted by Gasteiger charge is -2.09. The largest absolute Gasteiger partial charge is 0.497 e. The van der Waals surface area contributed by atoms with Gasteiger partial charge in [0.25, 0.3) is 5.69 Å². The van der Waals surface area contributed by atoms with Crippen molar-refractivity contribution in [3.05, 3.63) is 58.1 Å². The molecule has 3 aromatic rings. The average molecular weight is 397 g/mol. The zero-order valence-electron chi connectivity index (χ0n) is 13.5. The number of tetrazole rings is 1. The second kappa shape index (κ2) is 7.23. The number of hydrogen-bond donors (Lipinski definition) is 0. The smallest absolute Gasteiger partial charge is 0.416 e. The van der Waals surface area contributed by atoms with Crippen LogP contribution in [-0.4, -0.2) is 32.2 Å². The molecule has 27 heavy (non-hydrogen) atoms. The molecule has 0 unspecified atom stereocenters. The molecule has 0 radical (unpaired) electrons. The summed E-state index contributed by atoms with van der Waals surface area (Å²) in [6.45, 7) is 0. The quantitative estimate of drug-likeness (QED) is 0.478. The Bertz CT molecular complexity index is 976. The first kappa shape index (κ1) is 18.6. The zero-order valence-corrected chi connectivity index (χ0v) is 14.4. The number of ether oxygens (including phenoxy) is 1. The van der Waals surface area contributed by atoms with Gasteiger partial charge in [-0.05, 0) is 58.6 Å². The van der Waals surface area contributed by atoms with E-state index in [4.69, 9.17) is 4.74 Å². The van der Waals surface area contributed by atoms with Gasteiger partial charge in [-0.25, -0.2) is 0 Å². The van der Waals surface area contributed by atoms with Crippen molar-refractivity contribution in [3.63, 3.8) is 0 Å². The molecule has 0 amide bonds. The molecule has 0 bridgehead atoms. The highest BCUT2D eigenvalue weighted by molar-refractivity contribution is 7.99. The van der Waals surface area contributed by atoms with Gasteiger partial charge in [0.05, 0.1) is 28.2 Å². The highest BCUT2D eigenvalue weighted by Gasteiger charge is 2.33. The summed E-state index contributed by atoms with van der Waals surface area (Å²) in [4.78, 5) is 10.3. The molecular weight excluding hydrogens is 387 g/mol. The minimum absolute atomic E-state index is 0.0161. The van der Waals surface area contributed by atoms with E-state index in [9.17, 15) is 23.3 Å². The van der Waals surface area contributed by atoms with Gasteiger partial charge in [0, 0.05) is 6.07 Å². The van der Waals surface area contributed by atoms with Gasteiger partial charge in [0.2, 0.25) is 5.16 Å². The molecule has 1 aromatic heterocycles. The molecule has 0 atom stereocenters. The van der Waals surface area contributed by atoms with E-state index in [2.05, 4.69) is 15.5 Å². The van der Waals surface area contributed by atoms with Gasteiger partial charge in [-0.1, -0.05) is 0 Å². The van der Waals surface area contributed by atoms with Crippen molar-refractivity contribution in [1.29, 1.82) is 0 Å². The highest BCUT2D eigenvalue weighted by atomic mass is 32.2. The Hall–Kier alpha value is -3.15. The molecule has 2 aromatic carbocycles. The molecule has 1 heterocycles. The Labute approximate surface area is 154 Å². The maximum atomic E-state index is 12.8. The fraction of sp³-hybridized carbons (Fsp3) is 0.133. The van der Waals surface area contributed by atoms with Crippen LogP contribution in [0.4, 0.5) is 18.9 Å². The molecule has 0 saturated carbocycles. The number of methoxy groups -OCH3 is 1. The predicted octanol–water partition coefficient (Wildman–Crippen LogP) is 3.75. The molecule has 0 aliphatic carbocycles. The van der Waals surface area contributed by atoms with Crippen LogP contribution in [-0.2, 0) is 6.18 Å². The molecule has 0 spiro atoms. The Balaban J connectivity index is 1.96. The normalized spacial score (nSPS) is 11.4. The van der Waals surface area contributed by atoms with Crippen LogP contribution in [0.15, 0.2) is 52.5 Å². The molecular formula is C15H10F3N5O3S. The monoisotopic (exact) mass is 397 g/mol. The van der Waals surface area contributed by atoms with Gasteiger partial charge in [-0.2, -0.15) is 17.9 Å². The van der Waals surface area contributed by atoms with Crippen LogP contribution >= 0.6 is 11.8 Å². The number of nitro groups is 1. The molecule has 12 heteroatoms. The van der Waals surface area contributed by atoms with E-state index in [-0.39, 0.29) is 10.1 Å². The minimum Gasteiger partial charge on any atom is -0.497 e. The van der Waals surface area contributed by atoms with Crippen LogP contribution in [0.5, 0.6) is 5.75 Å². The van der Waals surface area contributed by atoms with Gasteiger partial charge >= 0.3 is 6.18 Å². The van der Waals surface area contributed by atoms with Gasteiger partial charge in [-0.3, -0.25) is 10.1 Å². The Morgan fingerprint density at radius 3 is 2.48 bits per heavy atom. The van der Waals surface area contributed by atoms with E-state index < -0.39 is 22.4 Å². The Morgan fingerprint density at radius 2 is 1.89 bits per heavy atom. The predicted molar refractivity (Wildman–Crippen MR) is 87.9 cm³/mol. The number of hydrogen-bond acceptors (Lipinski definition) is 7. The third-order valence-electron chi connectivity index (χ3n) is 3.44. The zero-order chi connectivity index (χ0) is 19.6. The number of aromatic nitrogens is 4. The fourth-order valence-corrected chi connectivity index (χ4v) is 3.03. The summed E-state index contributed by atoms with van der Waals surface area (Å²) in [5.74, 6) is 0.611. The highest BCUT2D eigenvalue weighted by Crippen LogP contribution is 2.38. The van der Waals surface area contributed by atoms with E-state index in [1.165, 1.54) is 11.8 Å². The second-order valence-corrected chi connectivity index (χ2v) is 6.12.